The maximum Gasteiger partial charge on any atom is 0.338 e. The molecule has 2 fully saturated rings. The predicted octanol–water partition coefficient (Wildman–Crippen LogP) is 4.17. The van der Waals surface area contributed by atoms with E-state index in [-0.39, 0.29) is 24.0 Å². The van der Waals surface area contributed by atoms with E-state index in [4.69, 9.17) is 14.2 Å². The molecule has 6 atom stereocenters. The van der Waals surface area contributed by atoms with Crippen molar-refractivity contribution in [2.24, 2.45) is 5.92 Å². The van der Waals surface area contributed by atoms with Crippen LogP contribution >= 0.6 is 0 Å². The fourth-order valence-corrected chi connectivity index (χ4v) is 5.54. The van der Waals surface area contributed by atoms with Crippen LogP contribution in [0.5, 0.6) is 0 Å². The van der Waals surface area contributed by atoms with Gasteiger partial charge in [-0.1, -0.05) is 60.7 Å². The van der Waals surface area contributed by atoms with E-state index in [1.807, 2.05) is 24.3 Å². The SMILES string of the molecule is O=C(OC1C2OC(C1OC(=O)c1ccccc1)C1c3ccccc3CC21)c1ccccc1. The maximum absolute atomic E-state index is 12.9. The van der Waals surface area contributed by atoms with Crippen molar-refractivity contribution >= 4 is 11.9 Å². The number of benzene rings is 3. The molecule has 6 unspecified atom stereocenters. The Morgan fingerprint density at radius 2 is 1.22 bits per heavy atom. The van der Waals surface area contributed by atoms with Gasteiger partial charge >= 0.3 is 11.9 Å². The summed E-state index contributed by atoms with van der Waals surface area (Å²) >= 11 is 0. The molecule has 5 nitrogen and oxygen atoms in total. The zero-order chi connectivity index (χ0) is 21.7. The number of fused-ring (bicyclic) bond motifs is 7. The van der Waals surface area contributed by atoms with Gasteiger partial charge in [-0.3, -0.25) is 0 Å². The van der Waals surface area contributed by atoms with E-state index in [1.165, 1.54) is 11.1 Å². The molecule has 0 aromatic heterocycles. The number of rotatable bonds is 4. The lowest BCUT2D eigenvalue weighted by molar-refractivity contribution is -0.0493. The second-order valence-corrected chi connectivity index (χ2v) is 8.63. The van der Waals surface area contributed by atoms with Crippen LogP contribution < -0.4 is 0 Å². The van der Waals surface area contributed by atoms with Crippen LogP contribution in [0.4, 0.5) is 0 Å². The first-order chi connectivity index (χ1) is 15.7. The molecule has 2 aliphatic heterocycles. The average Bonchev–Trinajstić information content (AvgIpc) is 3.50. The van der Waals surface area contributed by atoms with Gasteiger partial charge in [-0.25, -0.2) is 9.59 Å². The molecule has 3 aromatic rings. The average molecular weight is 426 g/mol. The van der Waals surface area contributed by atoms with Gasteiger partial charge in [-0.15, -0.1) is 0 Å². The summed E-state index contributed by atoms with van der Waals surface area (Å²) in [4.78, 5) is 25.8. The Labute approximate surface area is 185 Å². The molecule has 1 aliphatic carbocycles. The molecule has 2 heterocycles. The summed E-state index contributed by atoms with van der Waals surface area (Å²) in [5.74, 6) is -0.524. The van der Waals surface area contributed by atoms with Gasteiger partial charge in [-0.05, 0) is 41.8 Å². The Kier molecular flexibility index (Phi) is 4.58. The third-order valence-corrected chi connectivity index (χ3v) is 6.90. The molecule has 5 heteroatoms. The highest BCUT2D eigenvalue weighted by molar-refractivity contribution is 5.90. The van der Waals surface area contributed by atoms with E-state index in [0.717, 1.165) is 6.42 Å². The Morgan fingerprint density at radius 1 is 0.688 bits per heavy atom. The van der Waals surface area contributed by atoms with Crippen molar-refractivity contribution in [2.45, 2.75) is 36.8 Å². The van der Waals surface area contributed by atoms with Crippen LogP contribution in [0.1, 0.15) is 37.8 Å². The molecule has 0 amide bonds. The number of esters is 2. The number of carbonyl (C=O) groups is 2. The Morgan fingerprint density at radius 3 is 1.84 bits per heavy atom. The minimum Gasteiger partial charge on any atom is -0.452 e. The summed E-state index contributed by atoms with van der Waals surface area (Å²) in [5.41, 5.74) is 3.48. The summed E-state index contributed by atoms with van der Waals surface area (Å²) in [6.07, 6.45) is -1.07. The number of ether oxygens (including phenoxy) is 3. The first-order valence-electron chi connectivity index (χ1n) is 11.0. The lowest BCUT2D eigenvalue weighted by Gasteiger charge is -2.34. The van der Waals surface area contributed by atoms with Gasteiger partial charge in [0.25, 0.3) is 0 Å². The standard InChI is InChI=1S/C27H22O5/c28-26(16-9-3-1-4-10-16)31-24-22-20-15-18-13-7-8-14-19(18)21(20)23(30-22)25(24)32-27(29)17-11-5-2-6-12-17/h1-14,20-25H,15H2. The smallest absolute Gasteiger partial charge is 0.338 e. The Bertz CT molecular complexity index is 1160. The van der Waals surface area contributed by atoms with Gasteiger partial charge in [0, 0.05) is 11.8 Å². The van der Waals surface area contributed by atoms with Gasteiger partial charge < -0.3 is 14.2 Å². The predicted molar refractivity (Wildman–Crippen MR) is 116 cm³/mol. The van der Waals surface area contributed by atoms with Gasteiger partial charge in [-0.2, -0.15) is 0 Å². The molecule has 160 valence electrons. The summed E-state index contributed by atoms with van der Waals surface area (Å²) in [5, 5.41) is 0. The third-order valence-electron chi connectivity index (χ3n) is 6.90. The molecule has 32 heavy (non-hydrogen) atoms. The highest BCUT2D eigenvalue weighted by Crippen LogP contribution is 2.56. The molecule has 0 saturated carbocycles. The molecule has 2 bridgehead atoms. The number of hydrogen-bond acceptors (Lipinski definition) is 5. The van der Waals surface area contributed by atoms with E-state index in [2.05, 4.69) is 12.1 Å². The molecule has 0 spiro atoms. The first kappa shape index (κ1) is 19.3. The lowest BCUT2D eigenvalue weighted by atomic mass is 9.76. The summed E-state index contributed by atoms with van der Waals surface area (Å²) in [6.45, 7) is 0. The Balaban J connectivity index is 1.32. The van der Waals surface area contributed by atoms with E-state index in [9.17, 15) is 9.59 Å². The molecular weight excluding hydrogens is 404 g/mol. The molecule has 0 N–H and O–H groups in total. The monoisotopic (exact) mass is 426 g/mol. The summed E-state index contributed by atoms with van der Waals surface area (Å²) < 4.78 is 18.2. The highest BCUT2D eigenvalue weighted by atomic mass is 16.6. The largest absolute Gasteiger partial charge is 0.452 e. The van der Waals surface area contributed by atoms with Crippen molar-refractivity contribution in [2.75, 3.05) is 0 Å². The highest BCUT2D eigenvalue weighted by Gasteiger charge is 2.65. The quantitative estimate of drug-likeness (QED) is 0.586. The van der Waals surface area contributed by atoms with Crippen molar-refractivity contribution in [3.8, 4) is 0 Å². The molecule has 0 radical (unpaired) electrons. The second kappa shape index (κ2) is 7.61. The van der Waals surface area contributed by atoms with Crippen LogP contribution in [-0.4, -0.2) is 36.4 Å². The third kappa shape index (κ3) is 3.04. The van der Waals surface area contributed by atoms with Crippen LogP contribution in [0.2, 0.25) is 0 Å². The van der Waals surface area contributed by atoms with Gasteiger partial charge in [0.1, 0.15) is 12.2 Å². The van der Waals surface area contributed by atoms with Crippen LogP contribution in [-0.2, 0) is 20.6 Å². The van der Waals surface area contributed by atoms with Crippen molar-refractivity contribution in [3.63, 3.8) is 0 Å². The van der Waals surface area contributed by atoms with Gasteiger partial charge in [0.2, 0.25) is 0 Å². The zero-order valence-corrected chi connectivity index (χ0v) is 17.3. The van der Waals surface area contributed by atoms with Crippen molar-refractivity contribution in [1.82, 2.24) is 0 Å². The summed E-state index contributed by atoms with van der Waals surface area (Å²) in [7, 11) is 0. The second-order valence-electron chi connectivity index (χ2n) is 8.63. The minimum atomic E-state index is -0.659. The van der Waals surface area contributed by atoms with Crippen molar-refractivity contribution in [1.29, 1.82) is 0 Å². The molecule has 3 aromatic carbocycles. The molecule has 2 saturated heterocycles. The van der Waals surface area contributed by atoms with Gasteiger partial charge in [0.05, 0.1) is 11.1 Å². The van der Waals surface area contributed by atoms with Crippen LogP contribution in [0.3, 0.4) is 0 Å². The van der Waals surface area contributed by atoms with Crippen molar-refractivity contribution in [3.05, 3.63) is 107 Å². The molecule has 6 rings (SSSR count). The Hall–Kier alpha value is -3.44. The normalized spacial score (nSPS) is 29.2. The van der Waals surface area contributed by atoms with E-state index in [1.54, 1.807) is 48.5 Å². The first-order valence-corrected chi connectivity index (χ1v) is 11.0. The van der Waals surface area contributed by atoms with E-state index < -0.39 is 24.1 Å². The molecule has 3 aliphatic rings. The fourth-order valence-electron chi connectivity index (χ4n) is 5.54. The topological polar surface area (TPSA) is 61.8 Å². The summed E-state index contributed by atoms with van der Waals surface area (Å²) in [6, 6.07) is 26.1. The maximum atomic E-state index is 12.9. The fraction of sp³-hybridized carbons (Fsp3) is 0.259. The lowest BCUT2D eigenvalue weighted by Crippen LogP contribution is -2.49. The van der Waals surface area contributed by atoms with Gasteiger partial charge in [0.15, 0.2) is 12.2 Å². The van der Waals surface area contributed by atoms with Crippen LogP contribution in [0.15, 0.2) is 84.9 Å². The van der Waals surface area contributed by atoms with Crippen LogP contribution in [0, 0.1) is 5.92 Å². The van der Waals surface area contributed by atoms with E-state index in [0.29, 0.717) is 11.1 Å². The zero-order valence-electron chi connectivity index (χ0n) is 17.3. The number of carbonyl (C=O) groups excluding carboxylic acids is 2. The van der Waals surface area contributed by atoms with Crippen molar-refractivity contribution < 1.29 is 23.8 Å². The van der Waals surface area contributed by atoms with E-state index >= 15 is 0 Å². The number of hydrogen-bond donors (Lipinski definition) is 0. The van der Waals surface area contributed by atoms with Crippen LogP contribution in [0.25, 0.3) is 0 Å². The molecular formula is C27H22O5. The minimum absolute atomic E-state index is 0.136.